The number of hydrogen-bond donors (Lipinski definition) is 0. The Hall–Kier alpha value is -1.67. The Morgan fingerprint density at radius 2 is 1.76 bits per heavy atom. The lowest BCUT2D eigenvalue weighted by Crippen LogP contribution is -2.01. The van der Waals surface area contributed by atoms with Crippen molar-refractivity contribution < 1.29 is 9.47 Å². The lowest BCUT2D eigenvalue weighted by atomic mass is 10.1. The summed E-state index contributed by atoms with van der Waals surface area (Å²) >= 11 is 5.87. The van der Waals surface area contributed by atoms with Gasteiger partial charge in [0.05, 0.1) is 6.61 Å². The molecule has 2 nitrogen and oxygen atoms in total. The van der Waals surface area contributed by atoms with E-state index in [4.69, 9.17) is 21.1 Å². The van der Waals surface area contributed by atoms with E-state index in [0.717, 1.165) is 17.1 Å². The third-order valence-electron chi connectivity index (χ3n) is 3.35. The fourth-order valence-electron chi connectivity index (χ4n) is 2.13. The van der Waals surface area contributed by atoms with Crippen LogP contribution in [0.1, 0.15) is 29.2 Å². The summed E-state index contributed by atoms with van der Waals surface area (Å²) in [5.41, 5.74) is 4.69. The molecule has 0 spiro atoms. The minimum absolute atomic E-state index is 0.470. The molecule has 0 aliphatic heterocycles. The highest BCUT2D eigenvalue weighted by Gasteiger charge is 2.08. The van der Waals surface area contributed by atoms with E-state index in [0.29, 0.717) is 19.1 Å². The van der Waals surface area contributed by atoms with E-state index in [1.54, 1.807) is 0 Å². The van der Waals surface area contributed by atoms with Crippen LogP contribution in [-0.4, -0.2) is 6.61 Å². The molecule has 0 aliphatic rings. The van der Waals surface area contributed by atoms with Crippen LogP contribution in [-0.2, 0) is 12.5 Å². The van der Waals surface area contributed by atoms with Crippen molar-refractivity contribution in [3.05, 3.63) is 58.7 Å². The maximum Gasteiger partial charge on any atom is 0.161 e. The molecule has 0 fully saturated rings. The van der Waals surface area contributed by atoms with Crippen molar-refractivity contribution in [2.75, 3.05) is 6.61 Å². The molecule has 0 N–H and O–H groups in total. The third-order valence-corrected chi connectivity index (χ3v) is 3.66. The van der Waals surface area contributed by atoms with E-state index >= 15 is 0 Å². The predicted octanol–water partition coefficient (Wildman–Crippen LogP) is 5.02. The summed E-state index contributed by atoms with van der Waals surface area (Å²) in [4.78, 5) is 0. The van der Waals surface area contributed by atoms with Crippen molar-refractivity contribution in [2.45, 2.75) is 33.3 Å². The molecule has 2 aromatic carbocycles. The smallest absolute Gasteiger partial charge is 0.161 e. The number of hydrogen-bond acceptors (Lipinski definition) is 2. The lowest BCUT2D eigenvalue weighted by molar-refractivity contribution is 0.268. The first-order chi connectivity index (χ1) is 10.1. The average molecular weight is 305 g/mol. The van der Waals surface area contributed by atoms with E-state index in [-0.39, 0.29) is 0 Å². The van der Waals surface area contributed by atoms with Crippen LogP contribution >= 0.6 is 11.6 Å². The minimum Gasteiger partial charge on any atom is -0.490 e. The van der Waals surface area contributed by atoms with Gasteiger partial charge in [0.25, 0.3) is 0 Å². The Morgan fingerprint density at radius 3 is 2.48 bits per heavy atom. The summed E-state index contributed by atoms with van der Waals surface area (Å²) in [6.07, 6.45) is 0. The Kier molecular flexibility index (Phi) is 5.51. The maximum absolute atomic E-state index is 5.94. The molecule has 0 aliphatic carbocycles. The summed E-state index contributed by atoms with van der Waals surface area (Å²) in [6.45, 7) is 7.28. The minimum atomic E-state index is 0.470. The monoisotopic (exact) mass is 304 g/mol. The summed E-state index contributed by atoms with van der Waals surface area (Å²) in [7, 11) is 0. The molecule has 0 aromatic heterocycles. The molecule has 2 aromatic rings. The van der Waals surface area contributed by atoms with Gasteiger partial charge in [0, 0.05) is 5.88 Å². The Morgan fingerprint density at radius 1 is 0.952 bits per heavy atom. The number of benzene rings is 2. The highest BCUT2D eigenvalue weighted by Crippen LogP contribution is 2.30. The van der Waals surface area contributed by atoms with Crippen molar-refractivity contribution in [1.29, 1.82) is 0 Å². The maximum atomic E-state index is 5.94. The van der Waals surface area contributed by atoms with Crippen LogP contribution in [0.3, 0.4) is 0 Å². The van der Waals surface area contributed by atoms with Gasteiger partial charge in [-0.25, -0.2) is 0 Å². The number of ether oxygens (including phenoxy) is 2. The largest absolute Gasteiger partial charge is 0.490 e. The van der Waals surface area contributed by atoms with E-state index in [1.807, 2.05) is 25.1 Å². The SMILES string of the molecule is CCOc1cc(CCl)ccc1OCc1cc(C)ccc1C. The van der Waals surface area contributed by atoms with Crippen molar-refractivity contribution >= 4 is 11.6 Å². The fraction of sp³-hybridized carbons (Fsp3) is 0.333. The zero-order chi connectivity index (χ0) is 15.2. The number of alkyl halides is 1. The average Bonchev–Trinajstić information content (AvgIpc) is 2.49. The number of halogens is 1. The number of aryl methyl sites for hydroxylation is 2. The summed E-state index contributed by atoms with van der Waals surface area (Å²) in [6, 6.07) is 12.2. The standard InChI is InChI=1S/C18H21ClO2/c1-4-20-18-10-15(11-19)7-8-17(18)21-12-16-9-13(2)5-6-14(16)3/h5-10H,4,11-12H2,1-3H3. The summed E-state index contributed by atoms with van der Waals surface area (Å²) < 4.78 is 11.6. The first-order valence-corrected chi connectivity index (χ1v) is 7.68. The Balaban J connectivity index is 2.17. The van der Waals surface area contributed by atoms with Gasteiger partial charge in [-0.15, -0.1) is 11.6 Å². The van der Waals surface area contributed by atoms with Gasteiger partial charge in [-0.3, -0.25) is 0 Å². The van der Waals surface area contributed by atoms with Crippen molar-refractivity contribution in [3.63, 3.8) is 0 Å². The molecular formula is C18H21ClO2. The van der Waals surface area contributed by atoms with Gasteiger partial charge in [0.15, 0.2) is 11.5 Å². The van der Waals surface area contributed by atoms with Gasteiger partial charge in [-0.1, -0.05) is 29.8 Å². The van der Waals surface area contributed by atoms with Crippen molar-refractivity contribution in [3.8, 4) is 11.5 Å². The van der Waals surface area contributed by atoms with Gasteiger partial charge in [0.2, 0.25) is 0 Å². The zero-order valence-electron chi connectivity index (χ0n) is 12.8. The van der Waals surface area contributed by atoms with Crippen LogP contribution in [0.2, 0.25) is 0 Å². The van der Waals surface area contributed by atoms with Gasteiger partial charge in [-0.05, 0) is 49.6 Å². The fourth-order valence-corrected chi connectivity index (χ4v) is 2.30. The van der Waals surface area contributed by atoms with Crippen LogP contribution in [0.4, 0.5) is 0 Å². The van der Waals surface area contributed by atoms with E-state index in [2.05, 4.69) is 32.0 Å². The van der Waals surface area contributed by atoms with Crippen LogP contribution < -0.4 is 9.47 Å². The number of rotatable bonds is 6. The molecule has 0 heterocycles. The van der Waals surface area contributed by atoms with Crippen molar-refractivity contribution in [2.24, 2.45) is 0 Å². The van der Waals surface area contributed by atoms with E-state index in [1.165, 1.54) is 16.7 Å². The molecule has 0 atom stereocenters. The third kappa shape index (κ3) is 4.15. The predicted molar refractivity (Wildman–Crippen MR) is 87.4 cm³/mol. The van der Waals surface area contributed by atoms with Crippen LogP contribution in [0.5, 0.6) is 11.5 Å². The van der Waals surface area contributed by atoms with E-state index in [9.17, 15) is 0 Å². The molecular weight excluding hydrogens is 284 g/mol. The van der Waals surface area contributed by atoms with Gasteiger partial charge in [0.1, 0.15) is 6.61 Å². The van der Waals surface area contributed by atoms with Crippen molar-refractivity contribution in [1.82, 2.24) is 0 Å². The molecule has 0 saturated carbocycles. The molecule has 2 rings (SSSR count). The van der Waals surface area contributed by atoms with Gasteiger partial charge >= 0.3 is 0 Å². The molecule has 0 amide bonds. The summed E-state index contributed by atoms with van der Waals surface area (Å²) in [5, 5.41) is 0. The second kappa shape index (κ2) is 7.37. The molecule has 0 bridgehead atoms. The second-order valence-electron chi connectivity index (χ2n) is 5.07. The molecule has 0 saturated heterocycles. The molecule has 3 heteroatoms. The Bertz CT molecular complexity index is 608. The summed E-state index contributed by atoms with van der Waals surface area (Å²) in [5.74, 6) is 1.98. The first-order valence-electron chi connectivity index (χ1n) is 7.14. The van der Waals surface area contributed by atoms with Crippen LogP contribution in [0.25, 0.3) is 0 Å². The van der Waals surface area contributed by atoms with Crippen LogP contribution in [0.15, 0.2) is 36.4 Å². The molecule has 0 radical (unpaired) electrons. The quantitative estimate of drug-likeness (QED) is 0.698. The molecule has 0 unspecified atom stereocenters. The molecule has 21 heavy (non-hydrogen) atoms. The normalized spacial score (nSPS) is 10.5. The van der Waals surface area contributed by atoms with Crippen LogP contribution in [0, 0.1) is 13.8 Å². The molecule has 112 valence electrons. The highest BCUT2D eigenvalue weighted by molar-refractivity contribution is 6.17. The highest BCUT2D eigenvalue weighted by atomic mass is 35.5. The Labute approximate surface area is 131 Å². The van der Waals surface area contributed by atoms with Gasteiger partial charge in [-0.2, -0.15) is 0 Å². The van der Waals surface area contributed by atoms with E-state index < -0.39 is 0 Å². The van der Waals surface area contributed by atoms with Gasteiger partial charge < -0.3 is 9.47 Å². The first kappa shape index (κ1) is 15.7. The zero-order valence-corrected chi connectivity index (χ0v) is 13.5. The topological polar surface area (TPSA) is 18.5 Å². The second-order valence-corrected chi connectivity index (χ2v) is 5.33. The lowest BCUT2D eigenvalue weighted by Gasteiger charge is -2.14.